The molecule has 0 aromatic heterocycles. The summed E-state index contributed by atoms with van der Waals surface area (Å²) in [6.45, 7) is 5.02. The van der Waals surface area contributed by atoms with Crippen molar-refractivity contribution in [2.24, 2.45) is 0 Å². The fourth-order valence-electron chi connectivity index (χ4n) is 13.3. The van der Waals surface area contributed by atoms with Crippen LogP contribution in [-0.4, -0.2) is 47.4 Å². The molecule has 0 aliphatic heterocycles. The van der Waals surface area contributed by atoms with E-state index >= 15 is 0 Å². The van der Waals surface area contributed by atoms with Gasteiger partial charge in [-0.1, -0.05) is 438 Å². The molecule has 0 fully saturated rings. The predicted molar refractivity (Wildman–Crippen MR) is 380 cm³/mol. The van der Waals surface area contributed by atoms with Crippen molar-refractivity contribution in [2.45, 2.75) is 488 Å². The first-order chi connectivity index (χ1) is 42.5. The van der Waals surface area contributed by atoms with Gasteiger partial charge in [-0.2, -0.15) is 0 Å². The molecule has 0 aromatic rings. The summed E-state index contributed by atoms with van der Waals surface area (Å²) in [4.78, 5) is 24.6. The van der Waals surface area contributed by atoms with Crippen LogP contribution in [0.1, 0.15) is 476 Å². The third-order valence-corrected chi connectivity index (χ3v) is 19.4. The summed E-state index contributed by atoms with van der Waals surface area (Å²) < 4.78 is 5.50. The van der Waals surface area contributed by atoms with Crippen LogP contribution in [0.3, 0.4) is 0 Å². The molecule has 6 nitrogen and oxygen atoms in total. The molecule has 86 heavy (non-hydrogen) atoms. The maximum Gasteiger partial charge on any atom is 0.305 e. The molecule has 0 saturated heterocycles. The normalized spacial score (nSPS) is 12.4. The monoisotopic (exact) mass is 1210 g/mol. The number of esters is 1. The Labute approximate surface area is 540 Å². The van der Waals surface area contributed by atoms with Gasteiger partial charge in [-0.15, -0.1) is 0 Å². The lowest BCUT2D eigenvalue weighted by Crippen LogP contribution is -2.45. The summed E-state index contributed by atoms with van der Waals surface area (Å²) >= 11 is 0. The van der Waals surface area contributed by atoms with Crippen molar-refractivity contribution in [3.8, 4) is 0 Å². The van der Waals surface area contributed by atoms with Gasteiger partial charge in [0.25, 0.3) is 0 Å². The molecule has 0 spiro atoms. The van der Waals surface area contributed by atoms with E-state index in [2.05, 4.69) is 19.2 Å². The maximum atomic E-state index is 12.6. The standard InChI is InChI=1S/C80H159NO5/c1-3-5-7-9-11-13-15-17-18-19-20-21-22-33-36-39-42-45-49-52-56-60-64-68-72-78(83)77(76-82)81-79(84)73-69-65-61-57-53-50-46-43-40-37-34-31-29-27-25-23-24-26-28-30-32-35-38-41-44-47-51-55-59-63-67-71-75-86-80(85)74-70-66-62-58-54-48-16-14-12-10-8-6-4-2/h77-78,82-83H,3-76H2,1-2H3,(H,81,84). The summed E-state index contributed by atoms with van der Waals surface area (Å²) in [5, 5.41) is 23.5. The van der Waals surface area contributed by atoms with E-state index in [1.807, 2.05) is 0 Å². The van der Waals surface area contributed by atoms with E-state index in [1.165, 1.54) is 405 Å². The highest BCUT2D eigenvalue weighted by Crippen LogP contribution is 2.21. The van der Waals surface area contributed by atoms with Crippen molar-refractivity contribution in [2.75, 3.05) is 13.2 Å². The van der Waals surface area contributed by atoms with Gasteiger partial charge < -0.3 is 20.3 Å². The molecule has 2 atom stereocenters. The molecule has 2 unspecified atom stereocenters. The average molecular weight is 1220 g/mol. The molecule has 0 aromatic carbocycles. The number of carbonyl (C=O) groups is 2. The topological polar surface area (TPSA) is 95.9 Å². The fourth-order valence-corrected chi connectivity index (χ4v) is 13.3. The first-order valence-corrected chi connectivity index (χ1v) is 40.3. The lowest BCUT2D eigenvalue weighted by Gasteiger charge is -2.22. The molecular formula is C80H159NO5. The summed E-state index contributed by atoms with van der Waals surface area (Å²) in [5.74, 6) is 0.000553. The predicted octanol–water partition coefficient (Wildman–Crippen LogP) is 26.5. The lowest BCUT2D eigenvalue weighted by atomic mass is 10.0. The quantitative estimate of drug-likeness (QED) is 0.0417. The van der Waals surface area contributed by atoms with Crippen molar-refractivity contribution in [3.05, 3.63) is 0 Å². The van der Waals surface area contributed by atoms with Gasteiger partial charge in [-0.05, 0) is 25.7 Å². The third-order valence-electron chi connectivity index (χ3n) is 19.4. The van der Waals surface area contributed by atoms with Gasteiger partial charge in [0.05, 0.1) is 25.4 Å². The number of amides is 1. The van der Waals surface area contributed by atoms with Gasteiger partial charge in [-0.3, -0.25) is 9.59 Å². The maximum absolute atomic E-state index is 12.6. The van der Waals surface area contributed by atoms with Crippen LogP contribution in [0.25, 0.3) is 0 Å². The SMILES string of the molecule is CCCCCCCCCCCCCCCCCCCCCCCCCCC(O)C(CO)NC(=O)CCCCCCCCCCCCCCCCCCCCCCCCCCCCCCCCCCOC(=O)CCCCCCCCCCCCCCC. The van der Waals surface area contributed by atoms with E-state index in [0.29, 0.717) is 25.9 Å². The minimum atomic E-state index is -0.662. The number of carbonyl (C=O) groups excluding carboxylic acids is 2. The number of hydrogen-bond acceptors (Lipinski definition) is 5. The second-order valence-electron chi connectivity index (χ2n) is 28.1. The molecule has 6 heteroatoms. The van der Waals surface area contributed by atoms with E-state index in [9.17, 15) is 19.8 Å². The first-order valence-electron chi connectivity index (χ1n) is 40.3. The van der Waals surface area contributed by atoms with Crippen LogP contribution in [0.2, 0.25) is 0 Å². The van der Waals surface area contributed by atoms with E-state index in [0.717, 1.165) is 38.5 Å². The Morgan fingerprint density at radius 3 is 0.709 bits per heavy atom. The molecule has 514 valence electrons. The fraction of sp³-hybridized carbons (Fsp3) is 0.975. The van der Waals surface area contributed by atoms with Crippen LogP contribution in [0.4, 0.5) is 0 Å². The number of aliphatic hydroxyl groups is 2. The summed E-state index contributed by atoms with van der Waals surface area (Å²) in [5.41, 5.74) is 0. The van der Waals surface area contributed by atoms with Crippen LogP contribution in [-0.2, 0) is 14.3 Å². The Hall–Kier alpha value is -1.14. The summed E-state index contributed by atoms with van der Waals surface area (Å²) in [6, 6.07) is -0.538. The highest BCUT2D eigenvalue weighted by molar-refractivity contribution is 5.76. The Morgan fingerprint density at radius 1 is 0.279 bits per heavy atom. The third kappa shape index (κ3) is 71.9. The molecule has 0 aliphatic carbocycles. The largest absolute Gasteiger partial charge is 0.466 e. The van der Waals surface area contributed by atoms with Crippen LogP contribution in [0.5, 0.6) is 0 Å². The molecule has 1 amide bonds. The number of hydrogen-bond donors (Lipinski definition) is 3. The highest BCUT2D eigenvalue weighted by atomic mass is 16.5. The first kappa shape index (κ1) is 84.9. The average Bonchev–Trinajstić information content (AvgIpc) is 3.55. The molecule has 0 heterocycles. The number of ether oxygens (including phenoxy) is 1. The van der Waals surface area contributed by atoms with E-state index in [-0.39, 0.29) is 18.5 Å². The van der Waals surface area contributed by atoms with E-state index < -0.39 is 12.1 Å². The number of nitrogens with one attached hydrogen (secondary N) is 1. The smallest absolute Gasteiger partial charge is 0.305 e. The number of unbranched alkanes of at least 4 members (excludes halogenated alkanes) is 66. The molecule has 0 bridgehead atoms. The van der Waals surface area contributed by atoms with Crippen LogP contribution in [0, 0.1) is 0 Å². The van der Waals surface area contributed by atoms with Crippen LogP contribution < -0.4 is 5.32 Å². The van der Waals surface area contributed by atoms with Crippen LogP contribution >= 0.6 is 0 Å². The Balaban J connectivity index is 3.32. The van der Waals surface area contributed by atoms with Crippen molar-refractivity contribution in [3.63, 3.8) is 0 Å². The Morgan fingerprint density at radius 2 is 0.477 bits per heavy atom. The van der Waals surface area contributed by atoms with Crippen molar-refractivity contribution in [1.82, 2.24) is 5.32 Å². The summed E-state index contributed by atoms with van der Waals surface area (Å²) in [6.07, 6.45) is 94.9. The minimum absolute atomic E-state index is 0.0237. The Bertz CT molecular complexity index is 1260. The summed E-state index contributed by atoms with van der Waals surface area (Å²) in [7, 11) is 0. The van der Waals surface area contributed by atoms with Gasteiger partial charge in [-0.25, -0.2) is 0 Å². The number of aliphatic hydroxyl groups excluding tert-OH is 2. The van der Waals surface area contributed by atoms with Gasteiger partial charge in [0.1, 0.15) is 0 Å². The zero-order valence-corrected chi connectivity index (χ0v) is 59.1. The lowest BCUT2D eigenvalue weighted by molar-refractivity contribution is -0.143. The van der Waals surface area contributed by atoms with Crippen molar-refractivity contribution in [1.29, 1.82) is 0 Å². The van der Waals surface area contributed by atoms with Crippen molar-refractivity contribution < 1.29 is 24.5 Å². The second-order valence-corrected chi connectivity index (χ2v) is 28.1. The van der Waals surface area contributed by atoms with Crippen molar-refractivity contribution >= 4 is 11.9 Å². The molecular weight excluding hydrogens is 1050 g/mol. The Kier molecular flexibility index (Phi) is 75.3. The molecule has 3 N–H and O–H groups in total. The zero-order chi connectivity index (χ0) is 62.0. The van der Waals surface area contributed by atoms with E-state index in [4.69, 9.17) is 4.74 Å². The number of rotatable bonds is 77. The van der Waals surface area contributed by atoms with E-state index in [1.54, 1.807) is 0 Å². The molecule has 0 rings (SSSR count). The molecule has 0 saturated carbocycles. The second kappa shape index (κ2) is 76.3. The molecule has 0 aliphatic rings. The molecule has 0 radical (unpaired) electrons. The van der Waals surface area contributed by atoms with Gasteiger partial charge in [0.2, 0.25) is 5.91 Å². The minimum Gasteiger partial charge on any atom is -0.466 e. The zero-order valence-electron chi connectivity index (χ0n) is 59.1. The van der Waals surface area contributed by atoms with Gasteiger partial charge in [0, 0.05) is 12.8 Å². The van der Waals surface area contributed by atoms with Crippen LogP contribution in [0.15, 0.2) is 0 Å². The van der Waals surface area contributed by atoms with Gasteiger partial charge in [0.15, 0.2) is 0 Å². The van der Waals surface area contributed by atoms with Gasteiger partial charge >= 0.3 is 5.97 Å². The highest BCUT2D eigenvalue weighted by Gasteiger charge is 2.20.